The van der Waals surface area contributed by atoms with Crippen LogP contribution in [0.25, 0.3) is 0 Å². The normalized spacial score (nSPS) is 17.0. The zero-order chi connectivity index (χ0) is 54.8. The minimum atomic E-state index is -0.113. The maximum absolute atomic E-state index is 13.6. The number of anilines is 10. The number of ether oxygens (including phenoxy) is 2. The van der Waals surface area contributed by atoms with Crippen LogP contribution in [-0.2, 0) is 0 Å². The van der Waals surface area contributed by atoms with E-state index in [1.54, 1.807) is 62.5 Å². The first kappa shape index (κ1) is 53.2. The zero-order valence-corrected chi connectivity index (χ0v) is 45.9. The van der Waals surface area contributed by atoms with E-state index in [1.165, 1.54) is 0 Å². The maximum atomic E-state index is 13.6. The van der Waals surface area contributed by atoms with Crippen LogP contribution in [-0.4, -0.2) is 158 Å². The number of likely N-dealkylation sites (N-methyl/N-ethyl adjacent to an activating group) is 1. The highest BCUT2D eigenvalue weighted by Crippen LogP contribution is 2.42. The van der Waals surface area contributed by atoms with E-state index in [1.807, 2.05) is 113 Å². The van der Waals surface area contributed by atoms with Gasteiger partial charge in [0.2, 0.25) is 11.9 Å². The number of hydrogen-bond donors (Lipinski definition) is 1. The van der Waals surface area contributed by atoms with Gasteiger partial charge in [0.25, 0.3) is 17.7 Å². The largest absolute Gasteiger partial charge is 0.495 e. The van der Waals surface area contributed by atoms with Gasteiger partial charge in [-0.05, 0) is 120 Å². The number of Topliss-reactive ketones (excluding diaryl/α,β-unsaturated/α-hetero) is 1. The number of likely N-dealkylation sites (tertiary alicyclic amines) is 1. The lowest BCUT2D eigenvalue weighted by Crippen LogP contribution is -2.52. The number of methoxy groups -OCH3 is 1. The van der Waals surface area contributed by atoms with Crippen LogP contribution >= 0.6 is 0 Å². The number of ketones is 1. The fourth-order valence-corrected chi connectivity index (χ4v) is 11.1. The summed E-state index contributed by atoms with van der Waals surface area (Å²) in [5, 5.41) is 3.27. The number of amides is 3. The van der Waals surface area contributed by atoms with Gasteiger partial charge in [-0.15, -0.1) is 0 Å². The molecule has 78 heavy (non-hydrogen) atoms. The summed E-state index contributed by atoms with van der Waals surface area (Å²) in [6.45, 7) is 10.1. The number of piperazine rings is 1. The number of aromatic nitrogens is 4. The van der Waals surface area contributed by atoms with E-state index < -0.39 is 0 Å². The average Bonchev–Trinajstić information content (AvgIpc) is 4.06. The Balaban J connectivity index is 0.000000182. The number of carbonyl (C=O) groups excluding carboxylic acids is 4. The van der Waals surface area contributed by atoms with Crippen molar-refractivity contribution in [2.45, 2.75) is 64.5 Å². The molecular weight excluding hydrogens is 987 g/mol. The molecule has 19 nitrogen and oxygen atoms in total. The summed E-state index contributed by atoms with van der Waals surface area (Å²) in [4.78, 5) is 86.5. The first-order chi connectivity index (χ1) is 37.7. The van der Waals surface area contributed by atoms with Gasteiger partial charge in [-0.3, -0.25) is 24.1 Å². The average molecular weight is 1060 g/mol. The molecule has 2 saturated heterocycles. The summed E-state index contributed by atoms with van der Waals surface area (Å²) in [5.41, 5.74) is 6.67. The maximum Gasteiger partial charge on any atom is 0.260 e. The summed E-state index contributed by atoms with van der Waals surface area (Å²) in [5.74, 6) is 3.06. The number of piperidine rings is 1. The highest BCUT2D eigenvalue weighted by atomic mass is 16.5. The molecule has 4 aromatic carbocycles. The molecule has 5 aliphatic rings. The lowest BCUT2D eigenvalue weighted by molar-refractivity contribution is 0.0518. The molecule has 0 unspecified atom stereocenters. The van der Waals surface area contributed by atoms with Crippen LogP contribution in [0.5, 0.6) is 11.5 Å². The van der Waals surface area contributed by atoms with E-state index in [0.29, 0.717) is 86.9 Å². The Morgan fingerprint density at radius 3 is 1.83 bits per heavy atom. The van der Waals surface area contributed by atoms with E-state index in [2.05, 4.69) is 32.1 Å². The predicted molar refractivity (Wildman–Crippen MR) is 305 cm³/mol. The molecule has 3 fully saturated rings. The lowest BCUT2D eigenvalue weighted by Gasteiger charge is -2.42. The van der Waals surface area contributed by atoms with E-state index in [0.717, 1.165) is 94.9 Å². The van der Waals surface area contributed by atoms with E-state index in [9.17, 15) is 19.2 Å². The molecule has 6 aromatic rings. The van der Waals surface area contributed by atoms with Gasteiger partial charge in [0, 0.05) is 91.2 Å². The minimum Gasteiger partial charge on any atom is -0.495 e. The van der Waals surface area contributed by atoms with Crippen LogP contribution in [0.3, 0.4) is 0 Å². The minimum absolute atomic E-state index is 0.0166. The van der Waals surface area contributed by atoms with Crippen LogP contribution < -0.4 is 39.3 Å². The third kappa shape index (κ3) is 10.6. The Morgan fingerprint density at radius 2 is 1.23 bits per heavy atom. The van der Waals surface area contributed by atoms with Crippen molar-refractivity contribution in [3.63, 3.8) is 0 Å². The fraction of sp³-hybridized carbons (Fsp3) is 0.390. The van der Waals surface area contributed by atoms with Gasteiger partial charge in [-0.2, -0.15) is 9.97 Å². The number of benzene rings is 4. The van der Waals surface area contributed by atoms with Crippen molar-refractivity contribution < 1.29 is 28.7 Å². The topological polar surface area (TPSA) is 176 Å². The first-order valence-electron chi connectivity index (χ1n) is 26.9. The van der Waals surface area contributed by atoms with Gasteiger partial charge in [0.05, 0.1) is 59.5 Å². The quantitative estimate of drug-likeness (QED) is 0.122. The predicted octanol–water partition coefficient (Wildman–Crippen LogP) is 8.96. The van der Waals surface area contributed by atoms with Crippen LogP contribution in [0.2, 0.25) is 0 Å². The number of hydrogen-bond acceptors (Lipinski definition) is 16. The monoisotopic (exact) mass is 1060 g/mol. The van der Waals surface area contributed by atoms with Gasteiger partial charge in [0.1, 0.15) is 22.9 Å². The van der Waals surface area contributed by atoms with Crippen LogP contribution in [0, 0.1) is 0 Å². The van der Waals surface area contributed by atoms with Crippen molar-refractivity contribution in [3.8, 4) is 11.5 Å². The smallest absolute Gasteiger partial charge is 0.260 e. The van der Waals surface area contributed by atoms with Gasteiger partial charge in [-0.1, -0.05) is 24.3 Å². The summed E-state index contributed by atoms with van der Waals surface area (Å²) >= 11 is 0. The second-order valence-electron chi connectivity index (χ2n) is 20.6. The summed E-state index contributed by atoms with van der Waals surface area (Å²) < 4.78 is 12.1. The van der Waals surface area contributed by atoms with Crippen molar-refractivity contribution in [2.24, 2.45) is 0 Å². The van der Waals surface area contributed by atoms with Gasteiger partial charge < -0.3 is 49.1 Å². The Kier molecular flexibility index (Phi) is 15.6. The van der Waals surface area contributed by atoms with Crippen LogP contribution in [0.15, 0.2) is 97.3 Å². The Morgan fingerprint density at radius 1 is 0.654 bits per heavy atom. The van der Waals surface area contributed by atoms with Crippen molar-refractivity contribution in [1.29, 1.82) is 0 Å². The molecular formula is C59H69N13O6. The Bertz CT molecular complexity index is 3220. The lowest BCUT2D eigenvalue weighted by atomic mass is 10.0. The van der Waals surface area contributed by atoms with Gasteiger partial charge in [-0.25, -0.2) is 9.97 Å². The van der Waals surface area contributed by atoms with Crippen LogP contribution in [0.4, 0.5) is 57.7 Å². The summed E-state index contributed by atoms with van der Waals surface area (Å²) in [6, 6.07) is 26.5. The third-order valence-electron chi connectivity index (χ3n) is 15.8. The number of para-hydroxylation sites is 2. The molecule has 11 rings (SSSR count). The number of rotatable bonds is 11. The summed E-state index contributed by atoms with van der Waals surface area (Å²) in [6.07, 6.45) is 9.78. The molecule has 3 amide bonds. The molecule has 1 aliphatic carbocycles. The first-order valence-corrected chi connectivity index (χ1v) is 26.9. The number of carbonyl (C=O) groups is 4. The number of nitrogens with one attached hydrogen (secondary N) is 1. The Hall–Kier alpha value is -8.16. The molecule has 0 radical (unpaired) electrons. The summed E-state index contributed by atoms with van der Waals surface area (Å²) in [7, 11) is 11.1. The van der Waals surface area contributed by atoms with E-state index in [4.69, 9.17) is 19.4 Å². The molecule has 2 aromatic heterocycles. The highest BCUT2D eigenvalue weighted by molar-refractivity contribution is 6.14. The van der Waals surface area contributed by atoms with E-state index >= 15 is 0 Å². The highest BCUT2D eigenvalue weighted by Gasteiger charge is 2.33. The second-order valence-corrected chi connectivity index (χ2v) is 20.6. The molecule has 0 spiro atoms. The molecule has 19 heteroatoms. The molecule has 1 N–H and O–H groups in total. The molecule has 406 valence electrons. The van der Waals surface area contributed by atoms with Crippen molar-refractivity contribution >= 4 is 81.2 Å². The third-order valence-corrected chi connectivity index (χ3v) is 15.8. The zero-order valence-electron chi connectivity index (χ0n) is 45.9. The number of fused-ring (bicyclic) bond motifs is 4. The van der Waals surface area contributed by atoms with Gasteiger partial charge in [0.15, 0.2) is 17.4 Å². The van der Waals surface area contributed by atoms with Crippen molar-refractivity contribution in [1.82, 2.24) is 34.6 Å². The number of nitrogens with zero attached hydrogens (tertiary/aromatic N) is 12. The Labute approximate surface area is 456 Å². The second kappa shape index (κ2) is 22.8. The molecule has 1 saturated carbocycles. The molecule has 0 bridgehead atoms. The molecule has 4 aliphatic heterocycles. The fourth-order valence-electron chi connectivity index (χ4n) is 11.1. The SMILES string of the molecule is CC(=O)c1ccc(Nc2ncc3c(n2)N(C)c2ccccc2C(=O)N3C)c(OC2CCCC2)c1.CCN(c1ncc2c(n1)N(C)c1ccccc1C(=O)N2C)c1ccc(C(=O)N2CCC(N3CCN(C)CC3)CC2)cc1OC. The standard InChI is InChI=1S/C33H42N8O3.C26H27N5O3/c1-6-41(33-34-22-28-30(35-33)37(3)26-10-8-7-9-25(26)32(43)38(28)4)27-12-11-23(21-29(27)44-5)31(42)40-15-13-24(14-16-40)39-19-17-36(2)18-20-39;1-16(32)17-12-13-20(23(14-17)34-18-8-4-5-9-18)28-26-27-15-22-24(29-26)30(2)21-11-7-6-10-19(21)25(33)31(22)3/h7-12,21-22,24H,6,13-20H2,1-5H3;6-7,10-15,18H,4-5,8-9H2,1-3H3,(H,27,28,29). The molecule has 6 heterocycles. The van der Waals surface area contributed by atoms with E-state index in [-0.39, 0.29) is 29.6 Å². The van der Waals surface area contributed by atoms with Crippen LogP contribution in [0.1, 0.15) is 93.8 Å². The van der Waals surface area contributed by atoms with Crippen molar-refractivity contribution in [2.75, 3.05) is 118 Å². The van der Waals surface area contributed by atoms with Gasteiger partial charge >= 0.3 is 0 Å². The molecule has 0 atom stereocenters. The van der Waals surface area contributed by atoms with Crippen molar-refractivity contribution in [3.05, 3.63) is 120 Å².